The quantitative estimate of drug-likeness (QED) is 0.820. The Morgan fingerprint density at radius 1 is 1.57 bits per heavy atom. The third-order valence-corrected chi connectivity index (χ3v) is 2.79. The molecule has 0 aliphatic carbocycles. The summed E-state index contributed by atoms with van der Waals surface area (Å²) in [5.41, 5.74) is 7.44. The van der Waals surface area contributed by atoms with Crippen LogP contribution in [0.2, 0.25) is 0 Å². The van der Waals surface area contributed by atoms with Crippen LogP contribution in [0.25, 0.3) is 10.7 Å². The van der Waals surface area contributed by atoms with E-state index in [1.165, 1.54) is 0 Å². The van der Waals surface area contributed by atoms with E-state index in [1.54, 1.807) is 17.7 Å². The van der Waals surface area contributed by atoms with Gasteiger partial charge in [-0.3, -0.25) is 0 Å². The Bertz CT molecular complexity index is 418. The van der Waals surface area contributed by atoms with E-state index in [0.717, 1.165) is 22.8 Å². The summed E-state index contributed by atoms with van der Waals surface area (Å²) in [6.07, 6.45) is 4.58. The molecule has 0 unspecified atom stereocenters. The Kier molecular flexibility index (Phi) is 2.60. The van der Waals surface area contributed by atoms with Gasteiger partial charge in [0.2, 0.25) is 0 Å². The van der Waals surface area contributed by atoms with Crippen LogP contribution in [-0.2, 0) is 13.5 Å². The second-order valence-corrected chi connectivity index (χ2v) is 3.97. The molecule has 0 amide bonds. The van der Waals surface area contributed by atoms with E-state index < -0.39 is 0 Å². The van der Waals surface area contributed by atoms with Crippen LogP contribution in [0.3, 0.4) is 0 Å². The fourth-order valence-electron chi connectivity index (χ4n) is 1.21. The van der Waals surface area contributed by atoms with Crippen LogP contribution in [0, 0.1) is 0 Å². The fourth-order valence-corrected chi connectivity index (χ4v) is 2.02. The smallest absolute Gasteiger partial charge is 0.143 e. The van der Waals surface area contributed by atoms with Gasteiger partial charge in [-0.15, -0.1) is 11.3 Å². The second kappa shape index (κ2) is 3.89. The van der Waals surface area contributed by atoms with Crippen molar-refractivity contribution in [2.45, 2.75) is 6.42 Å². The van der Waals surface area contributed by atoms with Crippen molar-refractivity contribution < 1.29 is 0 Å². The van der Waals surface area contributed by atoms with Gasteiger partial charge in [-0.25, -0.2) is 9.97 Å². The van der Waals surface area contributed by atoms with Crippen LogP contribution in [0.1, 0.15) is 5.69 Å². The molecule has 0 atom stereocenters. The number of imidazole rings is 1. The molecule has 0 bridgehead atoms. The van der Waals surface area contributed by atoms with Crippen molar-refractivity contribution >= 4 is 11.3 Å². The first-order valence-electron chi connectivity index (χ1n) is 4.42. The van der Waals surface area contributed by atoms with Crippen molar-refractivity contribution in [2.24, 2.45) is 12.8 Å². The molecule has 0 spiro atoms. The number of thiazole rings is 1. The molecular formula is C9H12N4S. The molecule has 0 saturated carbocycles. The highest BCUT2D eigenvalue weighted by atomic mass is 32.1. The maximum absolute atomic E-state index is 5.46. The number of aryl methyl sites for hydroxylation is 1. The zero-order valence-electron chi connectivity index (χ0n) is 7.97. The van der Waals surface area contributed by atoms with Gasteiger partial charge in [0.05, 0.1) is 12.0 Å². The van der Waals surface area contributed by atoms with E-state index in [-0.39, 0.29) is 0 Å². The SMILES string of the molecule is Cn1cnc(-c2nc(CCN)cs2)c1. The first kappa shape index (κ1) is 9.36. The molecule has 74 valence electrons. The average Bonchev–Trinajstić information content (AvgIpc) is 2.74. The molecule has 2 rings (SSSR count). The Morgan fingerprint density at radius 2 is 2.43 bits per heavy atom. The molecule has 0 aliphatic rings. The summed E-state index contributed by atoms with van der Waals surface area (Å²) in [5.74, 6) is 0. The van der Waals surface area contributed by atoms with E-state index in [9.17, 15) is 0 Å². The third kappa shape index (κ3) is 1.83. The Labute approximate surface area is 86.4 Å². The molecule has 2 aromatic rings. The summed E-state index contributed by atoms with van der Waals surface area (Å²) in [7, 11) is 1.95. The molecule has 4 nitrogen and oxygen atoms in total. The fraction of sp³-hybridized carbons (Fsp3) is 0.333. The van der Waals surface area contributed by atoms with Gasteiger partial charge in [-0.1, -0.05) is 0 Å². The third-order valence-electron chi connectivity index (χ3n) is 1.88. The van der Waals surface area contributed by atoms with Gasteiger partial charge in [0.15, 0.2) is 0 Å². The largest absolute Gasteiger partial charge is 0.340 e. The summed E-state index contributed by atoms with van der Waals surface area (Å²) < 4.78 is 1.92. The minimum Gasteiger partial charge on any atom is -0.340 e. The lowest BCUT2D eigenvalue weighted by molar-refractivity contribution is 0.913. The van der Waals surface area contributed by atoms with Gasteiger partial charge in [0.25, 0.3) is 0 Å². The van der Waals surface area contributed by atoms with Crippen LogP contribution in [0.5, 0.6) is 0 Å². The summed E-state index contributed by atoms with van der Waals surface area (Å²) in [6, 6.07) is 0. The number of nitrogens with two attached hydrogens (primary N) is 1. The molecule has 5 heteroatoms. The minimum absolute atomic E-state index is 0.644. The van der Waals surface area contributed by atoms with E-state index in [4.69, 9.17) is 5.73 Å². The predicted molar refractivity (Wildman–Crippen MR) is 57.1 cm³/mol. The van der Waals surface area contributed by atoms with Gasteiger partial charge in [0, 0.05) is 25.0 Å². The Hall–Kier alpha value is -1.20. The van der Waals surface area contributed by atoms with Crippen LogP contribution < -0.4 is 5.73 Å². The number of rotatable bonds is 3. The summed E-state index contributed by atoms with van der Waals surface area (Å²) >= 11 is 1.61. The zero-order chi connectivity index (χ0) is 9.97. The monoisotopic (exact) mass is 208 g/mol. The number of aromatic nitrogens is 3. The zero-order valence-corrected chi connectivity index (χ0v) is 8.79. The number of hydrogen-bond acceptors (Lipinski definition) is 4. The Morgan fingerprint density at radius 3 is 3.07 bits per heavy atom. The van der Waals surface area contributed by atoms with E-state index in [0.29, 0.717) is 6.54 Å². The molecule has 0 saturated heterocycles. The van der Waals surface area contributed by atoms with E-state index in [2.05, 4.69) is 9.97 Å². The van der Waals surface area contributed by atoms with E-state index in [1.807, 2.05) is 23.2 Å². The summed E-state index contributed by atoms with van der Waals surface area (Å²) in [5, 5.41) is 3.01. The molecule has 2 heterocycles. The average molecular weight is 208 g/mol. The Balaban J connectivity index is 2.24. The van der Waals surface area contributed by atoms with Gasteiger partial charge in [-0.05, 0) is 6.54 Å². The highest BCUT2D eigenvalue weighted by Crippen LogP contribution is 2.21. The molecule has 0 aliphatic heterocycles. The first-order valence-corrected chi connectivity index (χ1v) is 5.30. The summed E-state index contributed by atoms with van der Waals surface area (Å²) in [6.45, 7) is 0.644. The van der Waals surface area contributed by atoms with Gasteiger partial charge >= 0.3 is 0 Å². The summed E-state index contributed by atoms with van der Waals surface area (Å²) in [4.78, 5) is 8.69. The predicted octanol–water partition coefficient (Wildman–Crippen LogP) is 1.04. The van der Waals surface area contributed by atoms with Gasteiger partial charge in [0.1, 0.15) is 10.7 Å². The topological polar surface area (TPSA) is 56.7 Å². The van der Waals surface area contributed by atoms with Crippen LogP contribution in [-0.4, -0.2) is 21.1 Å². The van der Waals surface area contributed by atoms with Gasteiger partial charge < -0.3 is 10.3 Å². The maximum Gasteiger partial charge on any atom is 0.143 e. The lowest BCUT2D eigenvalue weighted by atomic mass is 10.3. The van der Waals surface area contributed by atoms with E-state index >= 15 is 0 Å². The first-order chi connectivity index (χ1) is 6.79. The van der Waals surface area contributed by atoms with Crippen molar-refractivity contribution in [2.75, 3.05) is 6.54 Å². The van der Waals surface area contributed by atoms with Crippen molar-refractivity contribution in [3.8, 4) is 10.7 Å². The number of hydrogen-bond donors (Lipinski definition) is 1. The molecule has 2 aromatic heterocycles. The molecule has 0 radical (unpaired) electrons. The van der Waals surface area contributed by atoms with Crippen molar-refractivity contribution in [3.05, 3.63) is 23.6 Å². The molecular weight excluding hydrogens is 196 g/mol. The van der Waals surface area contributed by atoms with Crippen molar-refractivity contribution in [1.82, 2.24) is 14.5 Å². The van der Waals surface area contributed by atoms with Crippen LogP contribution in [0.15, 0.2) is 17.9 Å². The minimum atomic E-state index is 0.644. The standard InChI is InChI=1S/C9H12N4S/c1-13-4-8(11-6-13)9-12-7(2-3-10)5-14-9/h4-6H,2-3,10H2,1H3. The normalized spacial score (nSPS) is 10.7. The van der Waals surface area contributed by atoms with Gasteiger partial charge in [-0.2, -0.15) is 0 Å². The van der Waals surface area contributed by atoms with Crippen LogP contribution in [0.4, 0.5) is 0 Å². The molecule has 2 N–H and O–H groups in total. The lowest BCUT2D eigenvalue weighted by Gasteiger charge is -1.89. The molecule has 0 fully saturated rings. The second-order valence-electron chi connectivity index (χ2n) is 3.11. The lowest BCUT2D eigenvalue weighted by Crippen LogP contribution is -2.02. The highest BCUT2D eigenvalue weighted by Gasteiger charge is 2.06. The number of nitrogens with zero attached hydrogens (tertiary/aromatic N) is 3. The maximum atomic E-state index is 5.46. The van der Waals surface area contributed by atoms with Crippen LogP contribution >= 0.6 is 11.3 Å². The van der Waals surface area contributed by atoms with Crippen molar-refractivity contribution in [3.63, 3.8) is 0 Å². The highest BCUT2D eigenvalue weighted by molar-refractivity contribution is 7.13. The molecule has 0 aromatic carbocycles. The van der Waals surface area contributed by atoms with Crippen molar-refractivity contribution in [1.29, 1.82) is 0 Å². The molecule has 14 heavy (non-hydrogen) atoms.